The van der Waals surface area contributed by atoms with Crippen LogP contribution < -0.4 is 20.1 Å². The third-order valence-electron chi connectivity index (χ3n) is 5.50. The summed E-state index contributed by atoms with van der Waals surface area (Å²) in [5.41, 5.74) is 2.79. The molecule has 0 fully saturated rings. The van der Waals surface area contributed by atoms with Gasteiger partial charge < -0.3 is 20.1 Å². The maximum absolute atomic E-state index is 13.0. The van der Waals surface area contributed by atoms with Crippen molar-refractivity contribution in [1.29, 1.82) is 0 Å². The van der Waals surface area contributed by atoms with Crippen LogP contribution >= 0.6 is 0 Å². The van der Waals surface area contributed by atoms with Gasteiger partial charge in [0, 0.05) is 6.20 Å². The Hall–Kier alpha value is -4.07. The van der Waals surface area contributed by atoms with Gasteiger partial charge in [-0.15, -0.1) is 10.2 Å². The predicted octanol–water partition coefficient (Wildman–Crippen LogP) is 4.09. The minimum absolute atomic E-state index is 0.244. The van der Waals surface area contributed by atoms with E-state index in [1.54, 1.807) is 14.2 Å². The Morgan fingerprint density at radius 1 is 0.909 bits per heavy atom. The Kier molecular flexibility index (Phi) is 6.73. The molecule has 0 aliphatic carbocycles. The average Bonchev–Trinajstić information content (AvgIpc) is 3.28. The summed E-state index contributed by atoms with van der Waals surface area (Å²) < 4.78 is 12.4. The molecule has 4 rings (SSSR count). The summed E-state index contributed by atoms with van der Waals surface area (Å²) >= 11 is 0. The van der Waals surface area contributed by atoms with Crippen LogP contribution in [0, 0.1) is 0 Å². The average molecular weight is 446 g/mol. The first-order valence-electron chi connectivity index (χ1n) is 10.7. The summed E-state index contributed by atoms with van der Waals surface area (Å²) in [6.07, 6.45) is 2.50. The molecule has 2 heterocycles. The lowest BCUT2D eigenvalue weighted by atomic mass is 9.98. The van der Waals surface area contributed by atoms with E-state index in [9.17, 15) is 4.79 Å². The topological polar surface area (TPSA) is 89.8 Å². The van der Waals surface area contributed by atoms with Crippen molar-refractivity contribution in [3.05, 3.63) is 89.9 Å². The van der Waals surface area contributed by atoms with E-state index in [1.807, 2.05) is 84.3 Å². The van der Waals surface area contributed by atoms with Gasteiger partial charge in [0.05, 0.1) is 26.3 Å². The summed E-state index contributed by atoms with van der Waals surface area (Å²) in [6, 6.07) is 20.3. The van der Waals surface area contributed by atoms with Gasteiger partial charge in [0.25, 0.3) is 0 Å². The maximum atomic E-state index is 13.0. The zero-order valence-electron chi connectivity index (χ0n) is 18.9. The fraction of sp³-hybridized carbons (Fsp3) is 0.240. The summed E-state index contributed by atoms with van der Waals surface area (Å²) in [6.45, 7) is 1.88. The molecule has 170 valence electrons. The molecule has 8 nitrogen and oxygen atoms in total. The van der Waals surface area contributed by atoms with Crippen molar-refractivity contribution in [2.75, 3.05) is 14.2 Å². The van der Waals surface area contributed by atoms with E-state index >= 15 is 0 Å². The molecular weight excluding hydrogens is 418 g/mol. The van der Waals surface area contributed by atoms with Gasteiger partial charge in [-0.25, -0.2) is 4.79 Å². The molecule has 2 amide bonds. The van der Waals surface area contributed by atoms with E-state index in [0.29, 0.717) is 12.2 Å². The van der Waals surface area contributed by atoms with Gasteiger partial charge in [-0.2, -0.15) is 0 Å². The van der Waals surface area contributed by atoms with Crippen LogP contribution in [-0.2, 0) is 6.42 Å². The number of fused-ring (bicyclic) bond motifs is 1. The number of nitrogens with one attached hydrogen (secondary N) is 2. The number of amides is 2. The number of carbonyl (C=O) groups is 1. The molecule has 2 aromatic heterocycles. The molecule has 8 heteroatoms. The standard InChI is InChI=1S/C25H27N5O3/c1-17(24-29-28-23-6-4-5-15-30(23)24)26-25(31)27-22(19-9-13-21(33-3)14-10-19)16-18-7-11-20(32-2)12-8-18/h4-15,17,22H,16H2,1-3H3,(H2,26,27,31)/t17-,22-/m0/s1. The highest BCUT2D eigenvalue weighted by atomic mass is 16.5. The van der Waals surface area contributed by atoms with Gasteiger partial charge in [-0.1, -0.05) is 30.3 Å². The third-order valence-corrected chi connectivity index (χ3v) is 5.50. The summed E-state index contributed by atoms with van der Waals surface area (Å²) in [5, 5.41) is 14.5. The summed E-state index contributed by atoms with van der Waals surface area (Å²) in [5.74, 6) is 2.22. The van der Waals surface area contributed by atoms with Crippen molar-refractivity contribution < 1.29 is 14.3 Å². The second-order valence-electron chi connectivity index (χ2n) is 7.70. The van der Waals surface area contributed by atoms with Crippen LogP contribution in [0.5, 0.6) is 11.5 Å². The molecule has 0 saturated carbocycles. The van der Waals surface area contributed by atoms with E-state index in [0.717, 1.165) is 28.3 Å². The van der Waals surface area contributed by atoms with E-state index in [-0.39, 0.29) is 18.1 Å². The van der Waals surface area contributed by atoms with E-state index in [1.165, 1.54) is 0 Å². The summed E-state index contributed by atoms with van der Waals surface area (Å²) in [7, 11) is 3.27. The van der Waals surface area contributed by atoms with E-state index in [4.69, 9.17) is 9.47 Å². The Morgan fingerprint density at radius 2 is 1.58 bits per heavy atom. The van der Waals surface area contributed by atoms with Gasteiger partial charge in [0.2, 0.25) is 0 Å². The van der Waals surface area contributed by atoms with Crippen LogP contribution in [0.1, 0.15) is 36.0 Å². The molecule has 0 unspecified atom stereocenters. The first-order chi connectivity index (χ1) is 16.1. The molecule has 0 spiro atoms. The van der Waals surface area contributed by atoms with Crippen LogP contribution in [0.2, 0.25) is 0 Å². The highest BCUT2D eigenvalue weighted by Crippen LogP contribution is 2.23. The van der Waals surface area contributed by atoms with Crippen molar-refractivity contribution in [3.8, 4) is 11.5 Å². The highest BCUT2D eigenvalue weighted by Gasteiger charge is 2.20. The van der Waals surface area contributed by atoms with Gasteiger partial charge >= 0.3 is 6.03 Å². The Morgan fingerprint density at radius 3 is 2.24 bits per heavy atom. The number of hydrogen-bond acceptors (Lipinski definition) is 5. The molecule has 2 atom stereocenters. The zero-order valence-corrected chi connectivity index (χ0v) is 18.9. The van der Waals surface area contributed by atoms with Gasteiger partial charge in [0.1, 0.15) is 11.5 Å². The largest absolute Gasteiger partial charge is 0.497 e. The highest BCUT2D eigenvalue weighted by molar-refractivity contribution is 5.75. The van der Waals surface area contributed by atoms with Crippen molar-refractivity contribution in [3.63, 3.8) is 0 Å². The Labute approximate surface area is 192 Å². The van der Waals surface area contributed by atoms with Gasteiger partial charge in [0.15, 0.2) is 11.5 Å². The quantitative estimate of drug-likeness (QED) is 0.426. The fourth-order valence-electron chi connectivity index (χ4n) is 3.70. The molecule has 2 aromatic carbocycles. The molecule has 0 aliphatic rings. The van der Waals surface area contributed by atoms with E-state index in [2.05, 4.69) is 20.8 Å². The second kappa shape index (κ2) is 10.0. The lowest BCUT2D eigenvalue weighted by Crippen LogP contribution is -2.40. The minimum atomic E-state index is -0.333. The molecule has 0 saturated heterocycles. The zero-order chi connectivity index (χ0) is 23.2. The van der Waals surface area contributed by atoms with Crippen molar-refractivity contribution in [2.24, 2.45) is 0 Å². The van der Waals surface area contributed by atoms with Crippen LogP contribution in [0.25, 0.3) is 5.65 Å². The SMILES string of the molecule is COc1ccc(C[C@H](NC(=O)N[C@@H](C)c2nnc3ccccn23)c2ccc(OC)cc2)cc1. The van der Waals surface area contributed by atoms with Crippen LogP contribution in [0.3, 0.4) is 0 Å². The number of hydrogen-bond donors (Lipinski definition) is 2. The third kappa shape index (κ3) is 5.23. The summed E-state index contributed by atoms with van der Waals surface area (Å²) in [4.78, 5) is 13.0. The van der Waals surface area contributed by atoms with Crippen molar-refractivity contribution in [2.45, 2.75) is 25.4 Å². The van der Waals surface area contributed by atoms with Crippen molar-refractivity contribution in [1.82, 2.24) is 25.2 Å². The smallest absolute Gasteiger partial charge is 0.315 e. The molecule has 0 aliphatic heterocycles. The number of pyridine rings is 1. The minimum Gasteiger partial charge on any atom is -0.497 e. The van der Waals surface area contributed by atoms with Gasteiger partial charge in [-0.05, 0) is 60.9 Å². The van der Waals surface area contributed by atoms with Crippen LogP contribution in [-0.4, -0.2) is 34.8 Å². The Bertz CT molecular complexity index is 1200. The first kappa shape index (κ1) is 22.1. The molecule has 33 heavy (non-hydrogen) atoms. The number of rotatable bonds is 8. The number of nitrogens with zero attached hydrogens (tertiary/aromatic N) is 3. The molecule has 4 aromatic rings. The second-order valence-corrected chi connectivity index (χ2v) is 7.70. The Balaban J connectivity index is 1.50. The lowest BCUT2D eigenvalue weighted by molar-refractivity contribution is 0.233. The van der Waals surface area contributed by atoms with E-state index < -0.39 is 0 Å². The number of ether oxygens (including phenoxy) is 2. The maximum Gasteiger partial charge on any atom is 0.315 e. The fourth-order valence-corrected chi connectivity index (χ4v) is 3.70. The predicted molar refractivity (Wildman–Crippen MR) is 126 cm³/mol. The molecule has 0 radical (unpaired) electrons. The van der Waals surface area contributed by atoms with Gasteiger partial charge in [-0.3, -0.25) is 4.40 Å². The number of aromatic nitrogens is 3. The number of carbonyl (C=O) groups excluding carboxylic acids is 1. The normalized spacial score (nSPS) is 12.7. The number of methoxy groups -OCH3 is 2. The lowest BCUT2D eigenvalue weighted by Gasteiger charge is -2.22. The first-order valence-corrected chi connectivity index (χ1v) is 10.7. The molecule has 2 N–H and O–H groups in total. The van der Waals surface area contributed by atoms with Crippen LogP contribution in [0.4, 0.5) is 4.79 Å². The van der Waals surface area contributed by atoms with Crippen molar-refractivity contribution >= 4 is 11.7 Å². The monoisotopic (exact) mass is 445 g/mol. The number of benzene rings is 2. The number of urea groups is 1. The molecular formula is C25H27N5O3. The molecule has 0 bridgehead atoms. The van der Waals surface area contributed by atoms with Crippen LogP contribution in [0.15, 0.2) is 72.9 Å².